The van der Waals surface area contributed by atoms with Gasteiger partial charge in [0.1, 0.15) is 17.1 Å². The van der Waals surface area contributed by atoms with Crippen LogP contribution in [0.15, 0.2) is 54.9 Å². The first kappa shape index (κ1) is 15.1. The highest BCUT2D eigenvalue weighted by Crippen LogP contribution is 2.18. The summed E-state index contributed by atoms with van der Waals surface area (Å²) in [5.41, 5.74) is 2.19. The highest BCUT2D eigenvalue weighted by molar-refractivity contribution is 5.93. The molecule has 0 spiro atoms. The molecule has 0 saturated heterocycles. The summed E-state index contributed by atoms with van der Waals surface area (Å²) in [5, 5.41) is 2.97. The number of carbonyl (C=O) groups excluding carboxylic acids is 1. The zero-order valence-corrected chi connectivity index (χ0v) is 13.2. The molecule has 2 heterocycles. The van der Waals surface area contributed by atoms with Gasteiger partial charge in [0.05, 0.1) is 12.6 Å². The smallest absolute Gasteiger partial charge is 0.271 e. The number of nitrogens with one attached hydrogen (secondary N) is 1. The summed E-state index contributed by atoms with van der Waals surface area (Å²) >= 11 is 0. The lowest BCUT2D eigenvalue weighted by Gasteiger charge is -2.14. The number of nitrogens with zero attached hydrogens (tertiary/aromatic N) is 2. The van der Waals surface area contributed by atoms with Crippen LogP contribution in [0.2, 0.25) is 0 Å². The van der Waals surface area contributed by atoms with Gasteiger partial charge in [0.15, 0.2) is 0 Å². The number of pyridine rings is 1. The molecule has 1 amide bonds. The van der Waals surface area contributed by atoms with Gasteiger partial charge in [-0.15, -0.1) is 0 Å². The lowest BCUT2D eigenvalue weighted by Crippen LogP contribution is -2.26. The second-order valence-corrected chi connectivity index (χ2v) is 5.29. The Bertz CT molecular complexity index is 776. The molecule has 0 aliphatic rings. The molecule has 0 aliphatic carbocycles. The number of hydrogen-bond acceptors (Lipinski definition) is 3. The summed E-state index contributed by atoms with van der Waals surface area (Å²) in [5.74, 6) is 0.644. The molecule has 3 rings (SSSR count). The normalized spacial score (nSPS) is 12.1. The summed E-state index contributed by atoms with van der Waals surface area (Å²) in [7, 11) is 0. The molecule has 0 radical (unpaired) electrons. The molecule has 1 atom stereocenters. The van der Waals surface area contributed by atoms with E-state index in [-0.39, 0.29) is 11.9 Å². The van der Waals surface area contributed by atoms with Gasteiger partial charge in [-0.25, -0.2) is 4.98 Å². The highest BCUT2D eigenvalue weighted by Gasteiger charge is 2.14. The predicted molar refractivity (Wildman–Crippen MR) is 88.7 cm³/mol. The molecule has 0 unspecified atom stereocenters. The second kappa shape index (κ2) is 6.52. The molecular weight excluding hydrogens is 290 g/mol. The maximum atomic E-state index is 12.4. The van der Waals surface area contributed by atoms with Crippen LogP contribution in [-0.2, 0) is 0 Å². The van der Waals surface area contributed by atoms with Crippen LogP contribution in [0.5, 0.6) is 5.75 Å². The van der Waals surface area contributed by atoms with Crippen LogP contribution < -0.4 is 10.1 Å². The number of ether oxygens (including phenoxy) is 1. The van der Waals surface area contributed by atoms with Crippen LogP contribution in [-0.4, -0.2) is 21.9 Å². The Morgan fingerprint density at radius 3 is 2.74 bits per heavy atom. The van der Waals surface area contributed by atoms with E-state index in [9.17, 15) is 4.79 Å². The minimum atomic E-state index is -0.185. The Morgan fingerprint density at radius 2 is 2.04 bits per heavy atom. The van der Waals surface area contributed by atoms with Gasteiger partial charge in [0, 0.05) is 12.4 Å². The van der Waals surface area contributed by atoms with E-state index < -0.39 is 0 Å². The number of amides is 1. The number of imidazole rings is 1. The topological polar surface area (TPSA) is 55.6 Å². The SMILES string of the molecule is CCOc1ccc([C@H](C)NC(=O)c2cn3ccccc3n2)cc1. The van der Waals surface area contributed by atoms with Crippen molar-refractivity contribution in [3.05, 3.63) is 66.1 Å². The third kappa shape index (κ3) is 3.34. The fourth-order valence-corrected chi connectivity index (χ4v) is 2.42. The number of hydrogen-bond donors (Lipinski definition) is 1. The Hall–Kier alpha value is -2.82. The minimum absolute atomic E-state index is 0.108. The van der Waals surface area contributed by atoms with Crippen molar-refractivity contribution < 1.29 is 9.53 Å². The molecule has 5 heteroatoms. The van der Waals surface area contributed by atoms with Gasteiger partial charge in [-0.2, -0.15) is 0 Å². The average molecular weight is 309 g/mol. The van der Waals surface area contributed by atoms with E-state index in [2.05, 4.69) is 10.3 Å². The first-order valence-corrected chi connectivity index (χ1v) is 7.64. The van der Waals surface area contributed by atoms with Crippen molar-refractivity contribution in [2.24, 2.45) is 0 Å². The third-order valence-corrected chi connectivity index (χ3v) is 3.64. The van der Waals surface area contributed by atoms with Gasteiger partial charge < -0.3 is 14.5 Å². The third-order valence-electron chi connectivity index (χ3n) is 3.64. The van der Waals surface area contributed by atoms with E-state index in [0.717, 1.165) is 17.0 Å². The van der Waals surface area contributed by atoms with Gasteiger partial charge in [0.2, 0.25) is 0 Å². The first-order chi connectivity index (χ1) is 11.2. The molecule has 0 fully saturated rings. The van der Waals surface area contributed by atoms with E-state index >= 15 is 0 Å². The molecule has 118 valence electrons. The summed E-state index contributed by atoms with van der Waals surface area (Å²) in [6.07, 6.45) is 3.60. The van der Waals surface area contributed by atoms with E-state index in [1.165, 1.54) is 0 Å². The van der Waals surface area contributed by atoms with Crippen molar-refractivity contribution >= 4 is 11.6 Å². The maximum Gasteiger partial charge on any atom is 0.271 e. The van der Waals surface area contributed by atoms with E-state index in [0.29, 0.717) is 12.3 Å². The Morgan fingerprint density at radius 1 is 1.26 bits per heavy atom. The van der Waals surface area contributed by atoms with Crippen LogP contribution in [0.1, 0.15) is 35.9 Å². The second-order valence-electron chi connectivity index (χ2n) is 5.29. The van der Waals surface area contributed by atoms with Crippen LogP contribution in [0.3, 0.4) is 0 Å². The van der Waals surface area contributed by atoms with Gasteiger partial charge in [-0.05, 0) is 43.7 Å². The zero-order chi connectivity index (χ0) is 16.2. The van der Waals surface area contributed by atoms with Crippen LogP contribution in [0, 0.1) is 0 Å². The van der Waals surface area contributed by atoms with Gasteiger partial charge in [0.25, 0.3) is 5.91 Å². The van der Waals surface area contributed by atoms with Crippen molar-refractivity contribution in [2.75, 3.05) is 6.61 Å². The lowest BCUT2D eigenvalue weighted by atomic mass is 10.1. The van der Waals surface area contributed by atoms with Crippen LogP contribution in [0.4, 0.5) is 0 Å². The first-order valence-electron chi connectivity index (χ1n) is 7.64. The zero-order valence-electron chi connectivity index (χ0n) is 13.2. The molecule has 1 N–H and O–H groups in total. The number of carbonyl (C=O) groups is 1. The Kier molecular flexibility index (Phi) is 4.28. The average Bonchev–Trinajstić information content (AvgIpc) is 3.00. The van der Waals surface area contributed by atoms with Crippen molar-refractivity contribution in [1.82, 2.24) is 14.7 Å². The van der Waals surface area contributed by atoms with E-state index in [4.69, 9.17) is 4.74 Å². The molecule has 2 aromatic heterocycles. The monoisotopic (exact) mass is 309 g/mol. The van der Waals surface area contributed by atoms with Crippen LogP contribution in [0.25, 0.3) is 5.65 Å². The van der Waals surface area contributed by atoms with Gasteiger partial charge in [-0.1, -0.05) is 18.2 Å². The number of aromatic nitrogens is 2. The predicted octanol–water partition coefficient (Wildman–Crippen LogP) is 3.22. The summed E-state index contributed by atoms with van der Waals surface area (Å²) < 4.78 is 7.25. The maximum absolute atomic E-state index is 12.4. The van der Waals surface area contributed by atoms with Crippen LogP contribution >= 0.6 is 0 Å². The molecule has 0 bridgehead atoms. The number of rotatable bonds is 5. The minimum Gasteiger partial charge on any atom is -0.494 e. The highest BCUT2D eigenvalue weighted by atomic mass is 16.5. The quantitative estimate of drug-likeness (QED) is 0.787. The fraction of sp³-hybridized carbons (Fsp3) is 0.222. The molecule has 5 nitrogen and oxygen atoms in total. The van der Waals surface area contributed by atoms with Crippen molar-refractivity contribution in [3.8, 4) is 5.75 Å². The lowest BCUT2D eigenvalue weighted by molar-refractivity contribution is 0.0935. The molecule has 1 aromatic carbocycles. The molecule has 3 aromatic rings. The number of fused-ring (bicyclic) bond motifs is 1. The van der Waals surface area contributed by atoms with E-state index in [1.54, 1.807) is 6.20 Å². The fourth-order valence-electron chi connectivity index (χ4n) is 2.42. The molecule has 0 aliphatic heterocycles. The molecule has 23 heavy (non-hydrogen) atoms. The van der Waals surface area contributed by atoms with Gasteiger partial charge >= 0.3 is 0 Å². The Balaban J connectivity index is 1.71. The molecular formula is C18H19N3O2. The standard InChI is InChI=1S/C18H19N3O2/c1-3-23-15-9-7-14(8-10-15)13(2)19-18(22)16-12-21-11-5-4-6-17(21)20-16/h4-13H,3H2,1-2H3,(H,19,22)/t13-/m0/s1. The molecule has 0 saturated carbocycles. The summed E-state index contributed by atoms with van der Waals surface area (Å²) in [6.45, 7) is 4.54. The van der Waals surface area contributed by atoms with Crippen molar-refractivity contribution in [2.45, 2.75) is 19.9 Å². The van der Waals surface area contributed by atoms with Gasteiger partial charge in [-0.3, -0.25) is 4.79 Å². The Labute approximate surface area is 134 Å². The van der Waals surface area contributed by atoms with E-state index in [1.807, 2.05) is 66.9 Å². The largest absolute Gasteiger partial charge is 0.494 e. The number of benzene rings is 1. The summed E-state index contributed by atoms with van der Waals surface area (Å²) in [6, 6.07) is 13.3. The summed E-state index contributed by atoms with van der Waals surface area (Å²) in [4.78, 5) is 16.7. The van der Waals surface area contributed by atoms with Crippen molar-refractivity contribution in [1.29, 1.82) is 0 Å². The van der Waals surface area contributed by atoms with Crippen molar-refractivity contribution in [3.63, 3.8) is 0 Å².